The number of hydrogen-bond donors (Lipinski definition) is 2. The second-order valence-corrected chi connectivity index (χ2v) is 7.01. The third-order valence-electron chi connectivity index (χ3n) is 5.33. The highest BCUT2D eigenvalue weighted by Crippen LogP contribution is 2.44. The maximum absolute atomic E-state index is 12.5. The molecule has 1 fully saturated rings. The van der Waals surface area contributed by atoms with E-state index in [1.807, 2.05) is 24.3 Å². The van der Waals surface area contributed by atoms with Crippen LogP contribution in [0.3, 0.4) is 0 Å². The predicted octanol–water partition coefficient (Wildman–Crippen LogP) is 2.51. The number of likely N-dealkylation sites (tertiary alicyclic amines) is 1. The summed E-state index contributed by atoms with van der Waals surface area (Å²) < 4.78 is 5.65. The van der Waals surface area contributed by atoms with Crippen LogP contribution in [-0.2, 0) is 9.53 Å². The number of rotatable bonds is 4. The Bertz CT molecular complexity index is 828. The van der Waals surface area contributed by atoms with Gasteiger partial charge in [-0.25, -0.2) is 4.79 Å². The van der Waals surface area contributed by atoms with Crippen LogP contribution < -0.4 is 11.1 Å². The van der Waals surface area contributed by atoms with E-state index in [1.165, 1.54) is 22.3 Å². The molecule has 0 unspecified atom stereocenters. The van der Waals surface area contributed by atoms with Gasteiger partial charge in [0.1, 0.15) is 6.61 Å². The second kappa shape index (κ2) is 8.63. The Balaban J connectivity index is 0.00000225. The number of carbonyl (C=O) groups is 2. The van der Waals surface area contributed by atoms with Gasteiger partial charge in [0.25, 0.3) is 0 Å². The molecule has 2 aromatic rings. The summed E-state index contributed by atoms with van der Waals surface area (Å²) in [5, 5.41) is 2.82. The molecule has 6 nitrogen and oxygen atoms in total. The highest BCUT2D eigenvalue weighted by molar-refractivity contribution is 5.85. The average Bonchev–Trinajstić information content (AvgIpc) is 3.29. The first-order chi connectivity index (χ1) is 13.2. The summed E-state index contributed by atoms with van der Waals surface area (Å²) in [5.74, 6) is -0.147. The molecule has 2 aromatic carbocycles. The third-order valence-corrected chi connectivity index (χ3v) is 5.33. The fourth-order valence-electron chi connectivity index (χ4n) is 4.02. The number of ether oxygens (including phenoxy) is 1. The standard InChI is InChI=1S/C21H23N3O3.ClH/c22-11-20(25)23-14-9-10-24(12-14)21(26)27-13-19-17-7-3-1-5-15(17)16-6-2-4-8-18(16)19;/h1-8,14,19H,9-13,22H2,(H,23,25);1H/t14-;/m1./s1. The molecule has 148 valence electrons. The Kier molecular flexibility index (Phi) is 6.21. The predicted molar refractivity (Wildman–Crippen MR) is 109 cm³/mol. The second-order valence-electron chi connectivity index (χ2n) is 7.01. The minimum Gasteiger partial charge on any atom is -0.448 e. The summed E-state index contributed by atoms with van der Waals surface area (Å²) >= 11 is 0. The van der Waals surface area contributed by atoms with Crippen molar-refractivity contribution in [2.75, 3.05) is 26.2 Å². The van der Waals surface area contributed by atoms with Crippen LogP contribution >= 0.6 is 12.4 Å². The molecule has 0 radical (unpaired) electrons. The van der Waals surface area contributed by atoms with E-state index in [0.29, 0.717) is 19.7 Å². The number of halogens is 1. The number of nitrogens with one attached hydrogen (secondary N) is 1. The van der Waals surface area contributed by atoms with Crippen LogP contribution in [0.4, 0.5) is 4.79 Å². The first-order valence-electron chi connectivity index (χ1n) is 9.26. The number of fused-ring (bicyclic) bond motifs is 3. The van der Waals surface area contributed by atoms with Crippen molar-refractivity contribution in [2.24, 2.45) is 5.73 Å². The van der Waals surface area contributed by atoms with Crippen LogP contribution in [0.1, 0.15) is 23.5 Å². The van der Waals surface area contributed by atoms with E-state index in [9.17, 15) is 9.59 Å². The van der Waals surface area contributed by atoms with Crippen LogP contribution in [0.15, 0.2) is 48.5 Å². The van der Waals surface area contributed by atoms with Gasteiger partial charge < -0.3 is 20.7 Å². The molecule has 2 aliphatic rings. The van der Waals surface area contributed by atoms with Crippen molar-refractivity contribution in [3.63, 3.8) is 0 Å². The Labute approximate surface area is 170 Å². The Morgan fingerprint density at radius 3 is 2.29 bits per heavy atom. The number of amides is 2. The van der Waals surface area contributed by atoms with E-state index >= 15 is 0 Å². The molecule has 2 amide bonds. The van der Waals surface area contributed by atoms with Gasteiger partial charge in [-0.15, -0.1) is 12.4 Å². The lowest BCUT2D eigenvalue weighted by Crippen LogP contribution is -2.41. The van der Waals surface area contributed by atoms with Gasteiger partial charge in [-0.1, -0.05) is 48.5 Å². The molecule has 0 saturated carbocycles. The van der Waals surface area contributed by atoms with Gasteiger partial charge in [-0.2, -0.15) is 0 Å². The zero-order valence-electron chi connectivity index (χ0n) is 15.5. The minimum atomic E-state index is -0.332. The molecule has 7 heteroatoms. The highest BCUT2D eigenvalue weighted by atomic mass is 35.5. The van der Waals surface area contributed by atoms with Gasteiger partial charge in [0.15, 0.2) is 0 Å². The van der Waals surface area contributed by atoms with Crippen LogP contribution in [0.5, 0.6) is 0 Å². The smallest absolute Gasteiger partial charge is 0.409 e. The fraction of sp³-hybridized carbons (Fsp3) is 0.333. The summed E-state index contributed by atoms with van der Waals surface area (Å²) in [7, 11) is 0. The van der Waals surface area contributed by atoms with Crippen molar-refractivity contribution in [1.29, 1.82) is 0 Å². The van der Waals surface area contributed by atoms with Crippen LogP contribution in [-0.4, -0.2) is 49.2 Å². The van der Waals surface area contributed by atoms with E-state index in [1.54, 1.807) is 4.90 Å². The van der Waals surface area contributed by atoms with E-state index < -0.39 is 0 Å². The molecule has 28 heavy (non-hydrogen) atoms. The number of hydrogen-bond acceptors (Lipinski definition) is 4. The number of nitrogens with two attached hydrogens (primary N) is 1. The van der Waals surface area contributed by atoms with Crippen molar-refractivity contribution in [3.8, 4) is 11.1 Å². The van der Waals surface area contributed by atoms with Crippen molar-refractivity contribution in [2.45, 2.75) is 18.4 Å². The zero-order valence-corrected chi connectivity index (χ0v) is 16.3. The lowest BCUT2D eigenvalue weighted by Gasteiger charge is -2.19. The minimum absolute atomic E-state index is 0. The summed E-state index contributed by atoms with van der Waals surface area (Å²) in [6.45, 7) is 1.30. The molecule has 3 N–H and O–H groups in total. The molecular weight excluding hydrogens is 378 g/mol. The zero-order chi connectivity index (χ0) is 18.8. The molecular formula is C21H24ClN3O3. The van der Waals surface area contributed by atoms with Gasteiger partial charge in [-0.05, 0) is 28.7 Å². The van der Waals surface area contributed by atoms with E-state index in [-0.39, 0.29) is 42.9 Å². The Morgan fingerprint density at radius 1 is 1.07 bits per heavy atom. The lowest BCUT2D eigenvalue weighted by atomic mass is 9.98. The third kappa shape index (κ3) is 3.84. The summed E-state index contributed by atoms with van der Waals surface area (Å²) in [6.07, 6.45) is 0.386. The monoisotopic (exact) mass is 401 g/mol. The molecule has 1 saturated heterocycles. The van der Waals surface area contributed by atoms with E-state index in [4.69, 9.17) is 10.5 Å². The summed E-state index contributed by atoms with van der Waals surface area (Å²) in [6, 6.07) is 16.5. The first kappa shape index (κ1) is 20.2. The van der Waals surface area contributed by atoms with Crippen LogP contribution in [0.2, 0.25) is 0 Å². The van der Waals surface area contributed by atoms with Gasteiger partial charge in [0.2, 0.25) is 5.91 Å². The fourth-order valence-corrected chi connectivity index (χ4v) is 4.02. The van der Waals surface area contributed by atoms with Gasteiger partial charge in [-0.3, -0.25) is 4.79 Å². The highest BCUT2D eigenvalue weighted by Gasteiger charge is 2.31. The molecule has 1 aliphatic carbocycles. The molecule has 0 spiro atoms. The van der Waals surface area contributed by atoms with Gasteiger partial charge >= 0.3 is 6.09 Å². The summed E-state index contributed by atoms with van der Waals surface area (Å²) in [4.78, 5) is 25.5. The molecule has 1 heterocycles. The van der Waals surface area contributed by atoms with E-state index in [0.717, 1.165) is 6.42 Å². The topological polar surface area (TPSA) is 84.7 Å². The maximum Gasteiger partial charge on any atom is 0.409 e. The number of nitrogens with zero attached hydrogens (tertiary/aromatic N) is 1. The maximum atomic E-state index is 12.5. The molecule has 4 rings (SSSR count). The molecule has 1 aliphatic heterocycles. The molecule has 0 bridgehead atoms. The van der Waals surface area contributed by atoms with Crippen LogP contribution in [0.25, 0.3) is 11.1 Å². The van der Waals surface area contributed by atoms with Crippen molar-refractivity contribution >= 4 is 24.4 Å². The quantitative estimate of drug-likeness (QED) is 0.824. The van der Waals surface area contributed by atoms with Crippen LogP contribution in [0, 0.1) is 0 Å². The normalized spacial score (nSPS) is 17.5. The largest absolute Gasteiger partial charge is 0.448 e. The number of benzene rings is 2. The first-order valence-corrected chi connectivity index (χ1v) is 9.26. The van der Waals surface area contributed by atoms with E-state index in [2.05, 4.69) is 29.6 Å². The van der Waals surface area contributed by atoms with Gasteiger partial charge in [0.05, 0.1) is 6.54 Å². The summed E-state index contributed by atoms with van der Waals surface area (Å²) in [5.41, 5.74) is 10.1. The van der Waals surface area contributed by atoms with Crippen molar-refractivity contribution in [3.05, 3.63) is 59.7 Å². The SMILES string of the molecule is Cl.NCC(=O)N[C@@H]1CCN(C(=O)OCC2c3ccccc3-c3ccccc32)C1. The average molecular weight is 402 g/mol. The molecule has 1 atom stereocenters. The molecule has 0 aromatic heterocycles. The number of carbonyl (C=O) groups excluding carboxylic acids is 2. The van der Waals surface area contributed by atoms with Crippen molar-refractivity contribution < 1.29 is 14.3 Å². The Hall–Kier alpha value is -2.57. The van der Waals surface area contributed by atoms with Gasteiger partial charge in [0, 0.05) is 25.0 Å². The van der Waals surface area contributed by atoms with Crippen molar-refractivity contribution in [1.82, 2.24) is 10.2 Å². The lowest BCUT2D eigenvalue weighted by molar-refractivity contribution is -0.120. The Morgan fingerprint density at radius 2 is 1.68 bits per heavy atom.